The molecule has 0 aliphatic carbocycles. The number of rotatable bonds is 8. The topological polar surface area (TPSA) is 81.1 Å². The van der Waals surface area contributed by atoms with Gasteiger partial charge in [-0.2, -0.15) is 5.10 Å². The zero-order chi connectivity index (χ0) is 20.6. The van der Waals surface area contributed by atoms with Crippen molar-refractivity contribution in [2.75, 3.05) is 6.54 Å². The van der Waals surface area contributed by atoms with Gasteiger partial charge in [-0.1, -0.05) is 54.6 Å². The van der Waals surface area contributed by atoms with Crippen LogP contribution in [-0.2, 0) is 19.5 Å². The van der Waals surface area contributed by atoms with Gasteiger partial charge in [-0.15, -0.1) is 35.3 Å². The summed E-state index contributed by atoms with van der Waals surface area (Å²) in [6.45, 7) is 2.03. The van der Waals surface area contributed by atoms with E-state index in [0.717, 1.165) is 24.1 Å². The number of benzene rings is 2. The summed E-state index contributed by atoms with van der Waals surface area (Å²) in [6, 6.07) is 21.0. The van der Waals surface area contributed by atoms with Gasteiger partial charge >= 0.3 is 0 Å². The Labute approximate surface area is 203 Å². The van der Waals surface area contributed by atoms with Crippen LogP contribution in [0.25, 0.3) is 11.1 Å². The van der Waals surface area contributed by atoms with E-state index in [1.54, 1.807) is 24.0 Å². The van der Waals surface area contributed by atoms with E-state index in [1.807, 2.05) is 10.7 Å². The maximum atomic E-state index is 6.06. The third-order valence-corrected chi connectivity index (χ3v) is 5.71. The van der Waals surface area contributed by atoms with E-state index >= 15 is 0 Å². The molecule has 8 heteroatoms. The number of thiophene rings is 1. The van der Waals surface area contributed by atoms with E-state index in [9.17, 15) is 0 Å². The standard InChI is InChI=1S/C23H24N6S.HI/c24-23(26-12-11-21-5-3-13-30-21)27-14-20-4-1-2-6-22(20)19-9-7-18(8-10-19)15-29-17-25-16-28-29;/h1-10,13,16-17H,11-12,14-15H2,(H3,24,26,27);1H. The van der Waals surface area contributed by atoms with E-state index in [2.05, 4.69) is 80.4 Å². The van der Waals surface area contributed by atoms with Crippen molar-refractivity contribution < 1.29 is 0 Å². The molecule has 0 aliphatic rings. The average molecular weight is 544 g/mol. The lowest BCUT2D eigenvalue weighted by atomic mass is 9.98. The first kappa shape index (κ1) is 23.0. The molecule has 0 saturated carbocycles. The molecule has 2 heterocycles. The Bertz CT molecular complexity index is 1080. The van der Waals surface area contributed by atoms with Crippen LogP contribution in [0.2, 0.25) is 0 Å². The van der Waals surface area contributed by atoms with Crippen molar-refractivity contribution in [3.63, 3.8) is 0 Å². The maximum absolute atomic E-state index is 6.06. The second-order valence-electron chi connectivity index (χ2n) is 6.90. The highest BCUT2D eigenvalue weighted by molar-refractivity contribution is 14.0. The summed E-state index contributed by atoms with van der Waals surface area (Å²) in [6.07, 6.45) is 4.22. The molecule has 2 aromatic carbocycles. The van der Waals surface area contributed by atoms with Crippen LogP contribution >= 0.6 is 35.3 Å². The summed E-state index contributed by atoms with van der Waals surface area (Å²) in [5.41, 5.74) is 10.7. The number of halogens is 1. The molecule has 0 spiro atoms. The number of aliphatic imine (C=N–C) groups is 1. The lowest BCUT2D eigenvalue weighted by Crippen LogP contribution is -2.33. The van der Waals surface area contributed by atoms with Gasteiger partial charge in [0, 0.05) is 11.4 Å². The first-order chi connectivity index (χ1) is 14.8. The van der Waals surface area contributed by atoms with Crippen LogP contribution in [-0.4, -0.2) is 27.3 Å². The summed E-state index contributed by atoms with van der Waals surface area (Å²) in [5.74, 6) is 0.476. The molecule has 6 nitrogen and oxygen atoms in total. The minimum atomic E-state index is 0. The van der Waals surface area contributed by atoms with Crippen LogP contribution in [0.4, 0.5) is 0 Å². The van der Waals surface area contributed by atoms with Crippen molar-refractivity contribution in [3.05, 3.63) is 94.7 Å². The molecule has 0 aliphatic heterocycles. The molecule has 0 fully saturated rings. The van der Waals surface area contributed by atoms with E-state index in [1.165, 1.54) is 16.0 Å². The smallest absolute Gasteiger partial charge is 0.188 e. The Hall–Kier alpha value is -2.72. The van der Waals surface area contributed by atoms with E-state index in [0.29, 0.717) is 19.0 Å². The maximum Gasteiger partial charge on any atom is 0.188 e. The fraction of sp³-hybridized carbons (Fsp3) is 0.174. The Morgan fingerprint density at radius 2 is 1.90 bits per heavy atom. The van der Waals surface area contributed by atoms with Crippen molar-refractivity contribution in [1.29, 1.82) is 0 Å². The van der Waals surface area contributed by atoms with Crippen LogP contribution in [0.5, 0.6) is 0 Å². The zero-order valence-corrected chi connectivity index (χ0v) is 20.2. The summed E-state index contributed by atoms with van der Waals surface area (Å²) in [4.78, 5) is 9.86. The minimum absolute atomic E-state index is 0. The first-order valence-corrected chi connectivity index (χ1v) is 10.7. The number of nitrogens with one attached hydrogen (secondary N) is 1. The molecule has 3 N–H and O–H groups in total. The van der Waals surface area contributed by atoms with Crippen LogP contribution < -0.4 is 11.1 Å². The lowest BCUT2D eigenvalue weighted by molar-refractivity contribution is 0.685. The van der Waals surface area contributed by atoms with Crippen molar-refractivity contribution in [2.24, 2.45) is 10.7 Å². The normalized spacial score (nSPS) is 11.2. The lowest BCUT2D eigenvalue weighted by Gasteiger charge is -2.10. The summed E-state index contributed by atoms with van der Waals surface area (Å²) < 4.78 is 1.81. The van der Waals surface area contributed by atoms with Gasteiger partial charge in [-0.25, -0.2) is 14.7 Å². The van der Waals surface area contributed by atoms with Crippen LogP contribution in [0.1, 0.15) is 16.0 Å². The molecule has 2 aromatic heterocycles. The van der Waals surface area contributed by atoms with Gasteiger partial charge in [0.1, 0.15) is 12.7 Å². The Morgan fingerprint density at radius 1 is 1.06 bits per heavy atom. The van der Waals surface area contributed by atoms with E-state index in [-0.39, 0.29) is 24.0 Å². The molecule has 0 radical (unpaired) electrons. The molecule has 4 rings (SSSR count). The number of nitrogens with two attached hydrogens (primary N) is 1. The largest absolute Gasteiger partial charge is 0.370 e. The van der Waals surface area contributed by atoms with Crippen molar-refractivity contribution in [3.8, 4) is 11.1 Å². The van der Waals surface area contributed by atoms with Gasteiger partial charge in [0.2, 0.25) is 0 Å². The Morgan fingerprint density at radius 3 is 2.65 bits per heavy atom. The molecular weight excluding hydrogens is 519 g/mol. The van der Waals surface area contributed by atoms with Crippen molar-refractivity contribution in [1.82, 2.24) is 20.1 Å². The molecule has 0 amide bonds. The molecule has 0 bridgehead atoms. The van der Waals surface area contributed by atoms with E-state index < -0.39 is 0 Å². The molecule has 160 valence electrons. The number of nitrogens with zero attached hydrogens (tertiary/aromatic N) is 4. The molecule has 0 atom stereocenters. The van der Waals surface area contributed by atoms with Gasteiger partial charge < -0.3 is 11.1 Å². The predicted molar refractivity (Wildman–Crippen MR) is 138 cm³/mol. The third-order valence-electron chi connectivity index (χ3n) is 4.77. The second-order valence-corrected chi connectivity index (χ2v) is 7.94. The average Bonchev–Trinajstić information content (AvgIpc) is 3.48. The fourth-order valence-electron chi connectivity index (χ4n) is 3.23. The molecule has 0 saturated heterocycles. The van der Waals surface area contributed by atoms with Crippen molar-refractivity contribution in [2.45, 2.75) is 19.5 Å². The Kier molecular flexibility index (Phi) is 8.60. The SMILES string of the molecule is I.NC(=NCc1ccccc1-c1ccc(Cn2cncn2)cc1)NCCc1cccs1. The Balaban J connectivity index is 0.00000272. The molecule has 0 unspecified atom stereocenters. The van der Waals surface area contributed by atoms with Crippen LogP contribution in [0, 0.1) is 0 Å². The number of hydrogen-bond donors (Lipinski definition) is 2. The van der Waals surface area contributed by atoms with Gasteiger partial charge in [0.15, 0.2) is 5.96 Å². The number of hydrogen-bond acceptors (Lipinski definition) is 4. The summed E-state index contributed by atoms with van der Waals surface area (Å²) >= 11 is 1.76. The zero-order valence-electron chi connectivity index (χ0n) is 17.0. The van der Waals surface area contributed by atoms with Gasteiger partial charge in [0.25, 0.3) is 0 Å². The summed E-state index contributed by atoms with van der Waals surface area (Å²) in [5, 5.41) is 9.44. The summed E-state index contributed by atoms with van der Waals surface area (Å²) in [7, 11) is 0. The highest BCUT2D eigenvalue weighted by atomic mass is 127. The molecule has 31 heavy (non-hydrogen) atoms. The molecular formula is C23H25IN6S. The fourth-order valence-corrected chi connectivity index (χ4v) is 3.93. The minimum Gasteiger partial charge on any atom is -0.370 e. The van der Waals surface area contributed by atoms with E-state index in [4.69, 9.17) is 5.73 Å². The predicted octanol–water partition coefficient (Wildman–Crippen LogP) is 4.32. The quantitative estimate of drug-likeness (QED) is 0.197. The van der Waals surface area contributed by atoms with Crippen LogP contribution in [0.3, 0.4) is 0 Å². The number of guanidine groups is 1. The highest BCUT2D eigenvalue weighted by Crippen LogP contribution is 2.25. The highest BCUT2D eigenvalue weighted by Gasteiger charge is 2.05. The van der Waals surface area contributed by atoms with Crippen molar-refractivity contribution >= 4 is 41.3 Å². The molecule has 4 aromatic rings. The first-order valence-electron chi connectivity index (χ1n) is 9.84. The van der Waals surface area contributed by atoms with Gasteiger partial charge in [0.05, 0.1) is 13.1 Å². The van der Waals surface area contributed by atoms with Crippen LogP contribution in [0.15, 0.2) is 83.7 Å². The van der Waals surface area contributed by atoms with Gasteiger partial charge in [-0.3, -0.25) is 0 Å². The second kappa shape index (κ2) is 11.6. The monoisotopic (exact) mass is 544 g/mol. The van der Waals surface area contributed by atoms with Gasteiger partial charge in [-0.05, 0) is 40.1 Å². The third kappa shape index (κ3) is 6.63. The number of aromatic nitrogens is 3.